The summed E-state index contributed by atoms with van der Waals surface area (Å²) in [5.74, 6) is 0.241. The van der Waals surface area contributed by atoms with Crippen LogP contribution < -0.4 is 5.32 Å². The molecule has 1 saturated heterocycles. The third kappa shape index (κ3) is 3.11. The number of hydrogen-bond acceptors (Lipinski definition) is 3. The zero-order valence-corrected chi connectivity index (χ0v) is 13.0. The summed E-state index contributed by atoms with van der Waals surface area (Å²) in [6.45, 7) is 2.93. The predicted octanol–water partition coefficient (Wildman–Crippen LogP) is 1.25. The van der Waals surface area contributed by atoms with Gasteiger partial charge in [0.1, 0.15) is 0 Å². The Hall–Kier alpha value is -1.39. The average Bonchev–Trinajstić information content (AvgIpc) is 2.53. The molecular formula is C17H25N3O. The van der Waals surface area contributed by atoms with Crippen LogP contribution >= 0.6 is 0 Å². The number of benzene rings is 1. The van der Waals surface area contributed by atoms with E-state index >= 15 is 0 Å². The summed E-state index contributed by atoms with van der Waals surface area (Å²) in [5, 5.41) is 3.40. The smallest absolute Gasteiger partial charge is 0.240 e. The van der Waals surface area contributed by atoms with Crippen molar-refractivity contribution in [3.63, 3.8) is 0 Å². The maximum Gasteiger partial charge on any atom is 0.240 e. The lowest BCUT2D eigenvalue weighted by molar-refractivity contribution is -0.135. The second-order valence-corrected chi connectivity index (χ2v) is 6.41. The van der Waals surface area contributed by atoms with Gasteiger partial charge in [0.25, 0.3) is 0 Å². The quantitative estimate of drug-likeness (QED) is 0.889. The van der Waals surface area contributed by atoms with Crippen molar-refractivity contribution in [2.24, 2.45) is 0 Å². The maximum absolute atomic E-state index is 12.8. The van der Waals surface area contributed by atoms with Gasteiger partial charge in [-0.1, -0.05) is 24.3 Å². The van der Waals surface area contributed by atoms with Crippen molar-refractivity contribution in [3.05, 3.63) is 35.4 Å². The molecule has 1 fully saturated rings. The maximum atomic E-state index is 12.8. The van der Waals surface area contributed by atoms with Crippen molar-refractivity contribution in [2.75, 3.05) is 27.2 Å². The van der Waals surface area contributed by atoms with E-state index in [0.29, 0.717) is 6.04 Å². The third-order valence-electron chi connectivity index (χ3n) is 4.87. The Kier molecular flexibility index (Phi) is 4.27. The first-order valence-corrected chi connectivity index (χ1v) is 7.90. The molecule has 1 unspecified atom stereocenters. The normalized spacial score (nSPS) is 26.2. The van der Waals surface area contributed by atoms with Gasteiger partial charge in [-0.25, -0.2) is 0 Å². The van der Waals surface area contributed by atoms with E-state index in [4.69, 9.17) is 0 Å². The second-order valence-electron chi connectivity index (χ2n) is 6.41. The van der Waals surface area contributed by atoms with Gasteiger partial charge in [-0.15, -0.1) is 0 Å². The average molecular weight is 287 g/mol. The molecule has 4 nitrogen and oxygen atoms in total. The van der Waals surface area contributed by atoms with E-state index in [0.717, 1.165) is 32.5 Å². The van der Waals surface area contributed by atoms with E-state index in [2.05, 4.69) is 41.5 Å². The summed E-state index contributed by atoms with van der Waals surface area (Å²) in [7, 11) is 4.11. The van der Waals surface area contributed by atoms with Crippen LogP contribution in [0.4, 0.5) is 0 Å². The Balaban J connectivity index is 1.66. The Morgan fingerprint density at radius 2 is 2.10 bits per heavy atom. The number of carbonyl (C=O) groups is 1. The molecule has 0 radical (unpaired) electrons. The standard InChI is InChI=1S/C17H25N3O/c1-19-9-5-8-15(12-19)20(2)17(21)16-10-13-6-3-4-7-14(13)11-18-16/h3-4,6-7,15-16,18H,5,8-12H2,1-2H3/t15?,16-/m1/s1. The summed E-state index contributed by atoms with van der Waals surface area (Å²) in [4.78, 5) is 17.1. The van der Waals surface area contributed by atoms with Crippen LogP contribution in [0.3, 0.4) is 0 Å². The molecule has 0 bridgehead atoms. The van der Waals surface area contributed by atoms with E-state index in [1.165, 1.54) is 17.5 Å². The lowest BCUT2D eigenvalue weighted by Crippen LogP contribution is -2.54. The highest BCUT2D eigenvalue weighted by atomic mass is 16.2. The molecule has 2 atom stereocenters. The van der Waals surface area contributed by atoms with Gasteiger partial charge in [0.15, 0.2) is 0 Å². The highest BCUT2D eigenvalue weighted by molar-refractivity contribution is 5.82. The Labute approximate surface area is 127 Å². The number of fused-ring (bicyclic) bond motifs is 1. The number of likely N-dealkylation sites (tertiary alicyclic amines) is 1. The zero-order chi connectivity index (χ0) is 14.8. The monoisotopic (exact) mass is 287 g/mol. The van der Waals surface area contributed by atoms with Crippen molar-refractivity contribution in [1.29, 1.82) is 0 Å². The molecule has 3 rings (SSSR count). The minimum absolute atomic E-state index is 0.0721. The number of carbonyl (C=O) groups excluding carboxylic acids is 1. The van der Waals surface area contributed by atoms with Crippen molar-refractivity contribution >= 4 is 5.91 Å². The van der Waals surface area contributed by atoms with Crippen LogP contribution in [0.2, 0.25) is 0 Å². The number of nitrogens with zero attached hydrogens (tertiary/aromatic N) is 2. The number of rotatable bonds is 2. The minimum atomic E-state index is -0.0721. The molecule has 21 heavy (non-hydrogen) atoms. The van der Waals surface area contributed by atoms with Crippen LogP contribution in [0.15, 0.2) is 24.3 Å². The number of nitrogens with one attached hydrogen (secondary N) is 1. The van der Waals surface area contributed by atoms with Crippen LogP contribution in [0, 0.1) is 0 Å². The summed E-state index contributed by atoms with van der Waals surface area (Å²) in [5.41, 5.74) is 2.63. The largest absolute Gasteiger partial charge is 0.340 e. The lowest BCUT2D eigenvalue weighted by atomic mass is 9.94. The van der Waals surface area contributed by atoms with Crippen LogP contribution in [-0.2, 0) is 17.8 Å². The second kappa shape index (κ2) is 6.16. The highest BCUT2D eigenvalue weighted by Gasteiger charge is 2.31. The van der Waals surface area contributed by atoms with Gasteiger partial charge in [-0.3, -0.25) is 4.79 Å². The summed E-state index contributed by atoms with van der Waals surface area (Å²) < 4.78 is 0. The molecule has 114 valence electrons. The predicted molar refractivity (Wildman–Crippen MR) is 84.1 cm³/mol. The first kappa shape index (κ1) is 14.5. The van der Waals surface area contributed by atoms with Gasteiger partial charge in [0, 0.05) is 26.2 Å². The van der Waals surface area contributed by atoms with Crippen molar-refractivity contribution in [1.82, 2.24) is 15.1 Å². The van der Waals surface area contributed by atoms with E-state index in [1.54, 1.807) is 0 Å². The first-order chi connectivity index (χ1) is 10.1. The van der Waals surface area contributed by atoms with Crippen LogP contribution in [0.5, 0.6) is 0 Å². The molecule has 0 spiro atoms. The molecule has 2 aliphatic rings. The van der Waals surface area contributed by atoms with Gasteiger partial charge in [-0.2, -0.15) is 0 Å². The van der Waals surface area contributed by atoms with Crippen molar-refractivity contribution in [2.45, 2.75) is 37.9 Å². The molecule has 1 aromatic carbocycles. The van der Waals surface area contributed by atoms with E-state index in [-0.39, 0.29) is 11.9 Å². The molecule has 0 aliphatic carbocycles. The fourth-order valence-electron chi connectivity index (χ4n) is 3.51. The van der Waals surface area contributed by atoms with Crippen molar-refractivity contribution in [3.8, 4) is 0 Å². The minimum Gasteiger partial charge on any atom is -0.340 e. The Morgan fingerprint density at radius 1 is 1.33 bits per heavy atom. The van der Waals surface area contributed by atoms with Crippen LogP contribution in [0.25, 0.3) is 0 Å². The molecule has 1 N–H and O–H groups in total. The van der Waals surface area contributed by atoms with Gasteiger partial charge < -0.3 is 15.1 Å². The molecule has 2 heterocycles. The van der Waals surface area contributed by atoms with E-state index in [9.17, 15) is 4.79 Å². The molecule has 4 heteroatoms. The zero-order valence-electron chi connectivity index (χ0n) is 13.0. The first-order valence-electron chi connectivity index (χ1n) is 7.90. The SMILES string of the molecule is CN1CCCC(N(C)C(=O)[C@H]2Cc3ccccc3CN2)C1. The molecule has 1 aromatic rings. The van der Waals surface area contributed by atoms with Gasteiger partial charge in [0.05, 0.1) is 6.04 Å². The fourth-order valence-corrected chi connectivity index (χ4v) is 3.51. The molecule has 0 saturated carbocycles. The fraction of sp³-hybridized carbons (Fsp3) is 0.588. The number of amides is 1. The third-order valence-corrected chi connectivity index (χ3v) is 4.87. The summed E-state index contributed by atoms with van der Waals surface area (Å²) >= 11 is 0. The molecule has 1 amide bonds. The van der Waals surface area contributed by atoms with Crippen LogP contribution in [0.1, 0.15) is 24.0 Å². The van der Waals surface area contributed by atoms with Crippen molar-refractivity contribution < 1.29 is 4.79 Å². The summed E-state index contributed by atoms with van der Waals surface area (Å²) in [6, 6.07) is 8.69. The van der Waals surface area contributed by atoms with E-state index < -0.39 is 0 Å². The summed E-state index contributed by atoms with van der Waals surface area (Å²) in [6.07, 6.45) is 3.11. The molecule has 0 aromatic heterocycles. The highest BCUT2D eigenvalue weighted by Crippen LogP contribution is 2.19. The number of piperidine rings is 1. The number of hydrogen-bond donors (Lipinski definition) is 1. The number of likely N-dealkylation sites (N-methyl/N-ethyl adjacent to an activating group) is 2. The van der Waals surface area contributed by atoms with Gasteiger partial charge >= 0.3 is 0 Å². The van der Waals surface area contributed by atoms with Gasteiger partial charge in [0.2, 0.25) is 5.91 Å². The lowest BCUT2D eigenvalue weighted by Gasteiger charge is -2.38. The van der Waals surface area contributed by atoms with Gasteiger partial charge in [-0.05, 0) is 44.0 Å². The Bertz CT molecular complexity index is 517. The van der Waals surface area contributed by atoms with E-state index in [1.807, 2.05) is 11.9 Å². The Morgan fingerprint density at radius 3 is 2.86 bits per heavy atom. The molecule has 2 aliphatic heterocycles. The topological polar surface area (TPSA) is 35.6 Å². The molecular weight excluding hydrogens is 262 g/mol. The van der Waals surface area contributed by atoms with Crippen LogP contribution in [-0.4, -0.2) is 55.0 Å².